The molecular formula is C21H25F2N7O2. The van der Waals surface area contributed by atoms with E-state index in [1.165, 1.54) is 53.2 Å². The lowest BCUT2D eigenvalue weighted by atomic mass is 9.88. The normalized spacial score (nSPS) is 17.0. The molecule has 0 atom stereocenters. The van der Waals surface area contributed by atoms with Crippen LogP contribution >= 0.6 is 0 Å². The lowest BCUT2D eigenvalue weighted by molar-refractivity contribution is -0.104. The predicted molar refractivity (Wildman–Crippen MR) is 117 cm³/mol. The number of alkyl halides is 2. The number of fused-ring (bicyclic) bond motifs is 1. The molecule has 2 saturated carbocycles. The molecule has 0 bridgehead atoms. The Hall–Kier alpha value is -3.50. The molecule has 0 saturated heterocycles. The topological polar surface area (TPSA) is 119 Å². The van der Waals surface area contributed by atoms with Crippen molar-refractivity contribution < 1.29 is 13.6 Å². The second-order valence-electron chi connectivity index (χ2n) is 8.03. The zero-order valence-electron chi connectivity index (χ0n) is 17.6. The Morgan fingerprint density at radius 2 is 1.94 bits per heavy atom. The van der Waals surface area contributed by atoms with Crippen molar-refractivity contribution in [1.82, 2.24) is 19.2 Å². The van der Waals surface area contributed by atoms with Gasteiger partial charge in [0.1, 0.15) is 22.9 Å². The van der Waals surface area contributed by atoms with Gasteiger partial charge >= 0.3 is 0 Å². The summed E-state index contributed by atoms with van der Waals surface area (Å²) in [6.07, 6.45) is 8.08. The molecule has 2 aliphatic rings. The Morgan fingerprint density at radius 1 is 1.25 bits per heavy atom. The first-order valence-electron chi connectivity index (χ1n) is 10.5. The maximum absolute atomic E-state index is 13.2. The van der Waals surface area contributed by atoms with E-state index in [1.54, 1.807) is 19.2 Å². The van der Waals surface area contributed by atoms with Crippen LogP contribution in [0.15, 0.2) is 35.4 Å². The van der Waals surface area contributed by atoms with Gasteiger partial charge in [0.2, 0.25) is 0 Å². The minimum atomic E-state index is -2.73. The molecule has 0 spiro atoms. The van der Waals surface area contributed by atoms with Gasteiger partial charge in [0.05, 0.1) is 6.20 Å². The number of nitrogens with two attached hydrogens (primary N) is 1. The van der Waals surface area contributed by atoms with E-state index in [2.05, 4.69) is 20.7 Å². The van der Waals surface area contributed by atoms with Gasteiger partial charge in [-0.15, -0.1) is 0 Å². The standard InChI is InChI=1S/C17H17F2N7O2.C4H8/c1-21-13-5-12(24-15-10(14(20)27)8-22-26(13)15)23-11-3-2-4-25(16(11)28)9-6-17(18,19)7-9;1-2-4-3-1/h2-5,8-9,21H,6-7H2,1H3,(H2,20,27)(H,23,24);1-4H2. The van der Waals surface area contributed by atoms with E-state index in [9.17, 15) is 18.4 Å². The molecule has 3 aromatic heterocycles. The van der Waals surface area contributed by atoms with Gasteiger partial charge in [0.15, 0.2) is 5.65 Å². The van der Waals surface area contributed by atoms with Crippen LogP contribution in [0.3, 0.4) is 0 Å². The molecule has 2 fully saturated rings. The molecule has 5 rings (SSSR count). The second kappa shape index (κ2) is 8.56. The van der Waals surface area contributed by atoms with Crippen molar-refractivity contribution in [2.24, 2.45) is 5.73 Å². The van der Waals surface area contributed by atoms with Crippen LogP contribution in [-0.4, -0.2) is 38.0 Å². The summed E-state index contributed by atoms with van der Waals surface area (Å²) in [5.74, 6) is -2.63. The van der Waals surface area contributed by atoms with Crippen molar-refractivity contribution in [3.05, 3.63) is 46.5 Å². The largest absolute Gasteiger partial charge is 0.373 e. The molecule has 3 heterocycles. The van der Waals surface area contributed by atoms with Crippen LogP contribution < -0.4 is 21.9 Å². The first kappa shape index (κ1) is 21.7. The number of nitrogens with zero attached hydrogens (tertiary/aromatic N) is 4. The summed E-state index contributed by atoms with van der Waals surface area (Å²) in [7, 11) is 1.66. The minimum Gasteiger partial charge on any atom is -0.373 e. The lowest BCUT2D eigenvalue weighted by Crippen LogP contribution is -2.41. The second-order valence-corrected chi connectivity index (χ2v) is 8.03. The van der Waals surface area contributed by atoms with Gasteiger partial charge in [0, 0.05) is 38.2 Å². The third-order valence-corrected chi connectivity index (χ3v) is 5.69. The zero-order valence-corrected chi connectivity index (χ0v) is 17.6. The van der Waals surface area contributed by atoms with E-state index < -0.39 is 23.4 Å². The van der Waals surface area contributed by atoms with E-state index in [4.69, 9.17) is 5.73 Å². The molecule has 4 N–H and O–H groups in total. The summed E-state index contributed by atoms with van der Waals surface area (Å²) in [5.41, 5.74) is 5.44. The third kappa shape index (κ3) is 4.27. The molecule has 1 amide bonds. The number of hydrogen-bond donors (Lipinski definition) is 3. The summed E-state index contributed by atoms with van der Waals surface area (Å²) in [6.45, 7) is 0. The highest BCUT2D eigenvalue weighted by atomic mass is 19.3. The number of carbonyl (C=O) groups is 1. The van der Waals surface area contributed by atoms with Gasteiger partial charge in [0.25, 0.3) is 17.4 Å². The number of carbonyl (C=O) groups excluding carboxylic acids is 1. The van der Waals surface area contributed by atoms with Crippen molar-refractivity contribution in [2.45, 2.75) is 50.5 Å². The lowest BCUT2D eigenvalue weighted by Gasteiger charge is -2.36. The van der Waals surface area contributed by atoms with Crippen molar-refractivity contribution >= 4 is 28.9 Å². The van der Waals surface area contributed by atoms with Crippen molar-refractivity contribution in [3.8, 4) is 0 Å². The van der Waals surface area contributed by atoms with E-state index in [1.807, 2.05) is 0 Å². The summed E-state index contributed by atoms with van der Waals surface area (Å²) < 4.78 is 29.0. The highest BCUT2D eigenvalue weighted by Gasteiger charge is 2.46. The third-order valence-electron chi connectivity index (χ3n) is 5.69. The molecule has 11 heteroatoms. The zero-order chi connectivity index (χ0) is 22.9. The number of nitrogens with one attached hydrogen (secondary N) is 2. The van der Waals surface area contributed by atoms with Gasteiger partial charge in [-0.25, -0.2) is 13.8 Å². The van der Waals surface area contributed by atoms with Crippen LogP contribution in [0.4, 0.5) is 26.1 Å². The van der Waals surface area contributed by atoms with Gasteiger partial charge in [-0.2, -0.15) is 9.61 Å². The Morgan fingerprint density at radius 3 is 2.50 bits per heavy atom. The van der Waals surface area contributed by atoms with E-state index in [0.717, 1.165) is 0 Å². The average Bonchev–Trinajstić information content (AvgIpc) is 3.10. The average molecular weight is 445 g/mol. The maximum Gasteiger partial charge on any atom is 0.274 e. The molecule has 0 aromatic carbocycles. The molecule has 9 nitrogen and oxygen atoms in total. The fourth-order valence-corrected chi connectivity index (χ4v) is 3.49. The Balaban J connectivity index is 0.000000552. The Labute approximate surface area is 182 Å². The quantitative estimate of drug-likeness (QED) is 0.554. The fourth-order valence-electron chi connectivity index (χ4n) is 3.49. The minimum absolute atomic E-state index is 0.127. The maximum atomic E-state index is 13.2. The number of anilines is 3. The Bertz CT molecular complexity index is 1190. The van der Waals surface area contributed by atoms with Crippen LogP contribution in [-0.2, 0) is 0 Å². The number of hydrogen-bond acceptors (Lipinski definition) is 6. The first-order chi connectivity index (χ1) is 15.3. The monoisotopic (exact) mass is 445 g/mol. The van der Waals surface area contributed by atoms with Gasteiger partial charge in [-0.3, -0.25) is 9.59 Å². The SMILES string of the molecule is C1CCC1.CNc1cc(Nc2cccn(C3CC(F)(F)C3)c2=O)nc2c(C(N)=O)cnn12. The fraction of sp³-hybridized carbons (Fsp3) is 0.429. The van der Waals surface area contributed by atoms with Gasteiger partial charge in [-0.05, 0) is 12.1 Å². The van der Waals surface area contributed by atoms with Crippen LogP contribution in [0.25, 0.3) is 5.65 Å². The van der Waals surface area contributed by atoms with Crippen LogP contribution in [0, 0.1) is 0 Å². The van der Waals surface area contributed by atoms with Crippen LogP contribution in [0.2, 0.25) is 0 Å². The summed E-state index contributed by atoms with van der Waals surface area (Å²) in [5, 5.41) is 9.89. The predicted octanol–water partition coefficient (Wildman–Crippen LogP) is 3.31. The number of pyridine rings is 1. The smallest absolute Gasteiger partial charge is 0.274 e. The summed E-state index contributed by atoms with van der Waals surface area (Å²) in [6, 6.07) is 4.19. The number of rotatable bonds is 5. The van der Waals surface area contributed by atoms with Crippen LogP contribution in [0.1, 0.15) is 54.9 Å². The first-order valence-corrected chi connectivity index (χ1v) is 10.5. The van der Waals surface area contributed by atoms with E-state index in [-0.39, 0.29) is 35.6 Å². The number of aromatic nitrogens is 4. The molecule has 0 radical (unpaired) electrons. The summed E-state index contributed by atoms with van der Waals surface area (Å²) >= 11 is 0. The number of halogens is 2. The van der Waals surface area contributed by atoms with Gasteiger partial charge in [-0.1, -0.05) is 25.7 Å². The number of primary amides is 1. The molecule has 0 aliphatic heterocycles. The van der Waals surface area contributed by atoms with Crippen LogP contribution in [0.5, 0.6) is 0 Å². The molecule has 0 unspecified atom stereocenters. The molecule has 32 heavy (non-hydrogen) atoms. The number of amides is 1. The van der Waals surface area contributed by atoms with Crippen molar-refractivity contribution in [2.75, 3.05) is 17.7 Å². The van der Waals surface area contributed by atoms with Gasteiger partial charge < -0.3 is 20.9 Å². The van der Waals surface area contributed by atoms with Crippen molar-refractivity contribution in [1.29, 1.82) is 0 Å². The van der Waals surface area contributed by atoms with Crippen molar-refractivity contribution in [3.63, 3.8) is 0 Å². The molecular weight excluding hydrogens is 420 g/mol. The molecule has 3 aromatic rings. The highest BCUT2D eigenvalue weighted by Crippen LogP contribution is 2.44. The van der Waals surface area contributed by atoms with E-state index >= 15 is 0 Å². The van der Waals surface area contributed by atoms with E-state index in [0.29, 0.717) is 5.82 Å². The summed E-state index contributed by atoms with van der Waals surface area (Å²) in [4.78, 5) is 28.6. The molecule has 170 valence electrons. The molecule has 2 aliphatic carbocycles. The Kier molecular flexibility index (Phi) is 5.81. The highest BCUT2D eigenvalue weighted by molar-refractivity contribution is 5.98.